The van der Waals surface area contributed by atoms with Crippen molar-refractivity contribution in [2.75, 3.05) is 47.8 Å². The van der Waals surface area contributed by atoms with Crippen LogP contribution in [-0.4, -0.2) is 81.7 Å². The first kappa shape index (κ1) is 46.1. The van der Waals surface area contributed by atoms with Crippen LogP contribution in [0.2, 0.25) is 0 Å². The Balaban J connectivity index is -0.000000240. The molecule has 0 spiro atoms. The zero-order valence-electron chi connectivity index (χ0n) is 26.4. The minimum Gasteiger partial charge on any atom is -0.756 e. The van der Waals surface area contributed by atoms with Gasteiger partial charge >= 0.3 is 7.82 Å². The van der Waals surface area contributed by atoms with Crippen molar-refractivity contribution in [2.45, 2.75) is 130 Å². The molecular formula is C27H66N2O8P2. The van der Waals surface area contributed by atoms with Gasteiger partial charge in [-0.15, -0.1) is 0 Å². The lowest BCUT2D eigenvalue weighted by atomic mass is 10.1. The van der Waals surface area contributed by atoms with Crippen molar-refractivity contribution in [2.24, 2.45) is 0 Å². The van der Waals surface area contributed by atoms with Crippen LogP contribution in [0.5, 0.6) is 0 Å². The van der Waals surface area contributed by atoms with E-state index in [4.69, 9.17) is 38.5 Å². The summed E-state index contributed by atoms with van der Waals surface area (Å²) >= 11 is 0. The van der Waals surface area contributed by atoms with Gasteiger partial charge in [-0.1, -0.05) is 97.8 Å². The van der Waals surface area contributed by atoms with Crippen LogP contribution in [0, 0.1) is 0 Å². The maximum absolute atomic E-state index is 8.88. The van der Waals surface area contributed by atoms with Gasteiger partial charge in [0.2, 0.25) is 0 Å². The molecule has 0 rings (SSSR count). The van der Waals surface area contributed by atoms with Crippen LogP contribution in [0.1, 0.15) is 130 Å². The Morgan fingerprint density at radius 2 is 0.795 bits per heavy atom. The zero-order valence-corrected chi connectivity index (χ0v) is 28.2. The van der Waals surface area contributed by atoms with Gasteiger partial charge in [0.15, 0.2) is 0 Å². The Morgan fingerprint density at radius 1 is 0.564 bits per heavy atom. The second-order valence-corrected chi connectivity index (χ2v) is 13.1. The van der Waals surface area contributed by atoms with Crippen LogP contribution < -0.4 is 4.89 Å². The quantitative estimate of drug-likeness (QED) is 0.0652. The molecule has 0 amide bonds. The Labute approximate surface area is 241 Å². The highest BCUT2D eigenvalue weighted by molar-refractivity contribution is 7.45. The highest BCUT2D eigenvalue weighted by Gasteiger charge is 2.13. The Hall–Kier alpha value is 0.140. The van der Waals surface area contributed by atoms with Gasteiger partial charge in [-0.25, -0.2) is 4.57 Å². The van der Waals surface area contributed by atoms with Crippen molar-refractivity contribution in [1.29, 1.82) is 0 Å². The fraction of sp³-hybridized carbons (Fsp3) is 1.00. The van der Waals surface area contributed by atoms with E-state index >= 15 is 0 Å². The van der Waals surface area contributed by atoms with Crippen LogP contribution in [0.15, 0.2) is 0 Å². The van der Waals surface area contributed by atoms with E-state index in [0.29, 0.717) is 0 Å². The minimum atomic E-state index is -4.89. The summed E-state index contributed by atoms with van der Waals surface area (Å²) < 4.78 is 18.9. The van der Waals surface area contributed by atoms with Gasteiger partial charge in [-0.05, 0) is 52.7 Å². The molecule has 0 aromatic carbocycles. The SMILES string of the molecule is CCCCCCCCCN(C)C.CCCCCCCC[N+](C)(C)CCCCCC.O=P(O)(O)O.O=P([O-])(O)O. The molecule has 0 saturated carbocycles. The van der Waals surface area contributed by atoms with E-state index in [-0.39, 0.29) is 0 Å². The van der Waals surface area contributed by atoms with Crippen molar-refractivity contribution in [3.05, 3.63) is 0 Å². The molecular weight excluding hydrogens is 542 g/mol. The Morgan fingerprint density at radius 3 is 1.08 bits per heavy atom. The lowest BCUT2D eigenvalue weighted by Gasteiger charge is -2.30. The van der Waals surface area contributed by atoms with Crippen molar-refractivity contribution >= 4 is 15.6 Å². The summed E-state index contributed by atoms with van der Waals surface area (Å²) in [7, 11) is -0.426. The number of hydrogen-bond acceptors (Lipinski definition) is 4. The standard InChI is InChI=1S/C16H36N.C11H25N.2H3O4P/c1-5-7-9-11-12-14-16-17(3,4)15-13-10-8-6-2;1-4-5-6-7-8-9-10-11-12(2)3;2*1-5(2,3)4/h5-16H2,1-4H3;4-11H2,1-3H3;2*(H3,1,2,3,4)/q+1;;;/p-1. The molecule has 5 N–H and O–H groups in total. The van der Waals surface area contributed by atoms with Gasteiger partial charge in [-0.2, -0.15) is 0 Å². The van der Waals surface area contributed by atoms with E-state index in [1.54, 1.807) is 0 Å². The van der Waals surface area contributed by atoms with Gasteiger partial charge in [0, 0.05) is 0 Å². The predicted octanol–water partition coefficient (Wildman–Crippen LogP) is 5.81. The van der Waals surface area contributed by atoms with E-state index in [2.05, 4.69) is 53.9 Å². The Kier molecular flexibility index (Phi) is 36.7. The van der Waals surface area contributed by atoms with Crippen molar-refractivity contribution in [3.8, 4) is 0 Å². The highest BCUT2D eigenvalue weighted by atomic mass is 31.2. The molecule has 0 heterocycles. The summed E-state index contributed by atoms with van der Waals surface area (Å²) in [5.74, 6) is 0. The monoisotopic (exact) mass is 608 g/mol. The number of quaternary nitrogens is 1. The number of phosphoric acid groups is 2. The number of unbranched alkanes of at least 4 members (excludes halogenated alkanes) is 14. The fourth-order valence-electron chi connectivity index (χ4n) is 3.78. The molecule has 0 saturated heterocycles. The summed E-state index contributed by atoms with van der Waals surface area (Å²) in [5, 5.41) is 0. The number of hydrogen-bond donors (Lipinski definition) is 5. The maximum atomic E-state index is 8.88. The van der Waals surface area contributed by atoms with Gasteiger partial charge < -0.3 is 38.7 Å². The van der Waals surface area contributed by atoms with E-state index in [0.717, 1.165) is 0 Å². The molecule has 0 aliphatic heterocycles. The summed E-state index contributed by atoms with van der Waals surface area (Å²) in [4.78, 5) is 46.8. The van der Waals surface area contributed by atoms with E-state index < -0.39 is 15.6 Å². The number of nitrogens with zero attached hydrogens (tertiary/aromatic N) is 2. The summed E-state index contributed by atoms with van der Waals surface area (Å²) in [6.07, 6.45) is 24.0. The summed E-state index contributed by atoms with van der Waals surface area (Å²) in [6.45, 7) is 10.8. The molecule has 0 bridgehead atoms. The van der Waals surface area contributed by atoms with Crippen LogP contribution in [0.3, 0.4) is 0 Å². The first-order chi connectivity index (χ1) is 17.9. The Bertz CT molecular complexity index is 533. The first-order valence-corrected chi connectivity index (χ1v) is 18.0. The van der Waals surface area contributed by atoms with Crippen LogP contribution in [0.25, 0.3) is 0 Å². The third-order valence-corrected chi connectivity index (χ3v) is 5.94. The molecule has 10 nitrogen and oxygen atoms in total. The van der Waals surface area contributed by atoms with Crippen LogP contribution in [-0.2, 0) is 9.13 Å². The predicted molar refractivity (Wildman–Crippen MR) is 162 cm³/mol. The molecule has 0 atom stereocenters. The lowest BCUT2D eigenvalue weighted by molar-refractivity contribution is -0.890. The summed E-state index contributed by atoms with van der Waals surface area (Å²) in [6, 6.07) is 0. The topological polar surface area (TPSA) is 162 Å². The van der Waals surface area contributed by atoms with E-state index in [9.17, 15) is 0 Å². The molecule has 0 aromatic rings. The molecule has 0 unspecified atom stereocenters. The molecule has 0 aliphatic carbocycles. The van der Waals surface area contributed by atoms with Gasteiger partial charge in [0.05, 0.1) is 27.2 Å². The second-order valence-electron chi connectivity index (χ2n) is 11.1. The normalized spacial score (nSPS) is 11.6. The van der Waals surface area contributed by atoms with Crippen molar-refractivity contribution < 1.29 is 43.0 Å². The van der Waals surface area contributed by atoms with Crippen LogP contribution in [0.4, 0.5) is 0 Å². The molecule has 0 aliphatic rings. The third-order valence-electron chi connectivity index (χ3n) is 5.94. The minimum absolute atomic E-state index is 1.23. The zero-order chi connectivity index (χ0) is 31.2. The first-order valence-electron chi connectivity index (χ1n) is 14.9. The van der Waals surface area contributed by atoms with Gasteiger partial charge in [-0.3, -0.25) is 4.57 Å². The molecule has 12 heteroatoms. The summed E-state index contributed by atoms with van der Waals surface area (Å²) in [5.41, 5.74) is 0. The van der Waals surface area contributed by atoms with Gasteiger partial charge in [0.1, 0.15) is 0 Å². The molecule has 0 radical (unpaired) electrons. The van der Waals surface area contributed by atoms with Crippen molar-refractivity contribution in [3.63, 3.8) is 0 Å². The smallest absolute Gasteiger partial charge is 0.466 e. The van der Waals surface area contributed by atoms with Crippen molar-refractivity contribution in [1.82, 2.24) is 4.90 Å². The second kappa shape index (κ2) is 31.1. The molecule has 0 fully saturated rings. The average molecular weight is 609 g/mol. The van der Waals surface area contributed by atoms with E-state index in [1.165, 1.54) is 133 Å². The average Bonchev–Trinajstić information content (AvgIpc) is 2.76. The fourth-order valence-corrected chi connectivity index (χ4v) is 3.78. The highest BCUT2D eigenvalue weighted by Crippen LogP contribution is 2.25. The molecule has 39 heavy (non-hydrogen) atoms. The third kappa shape index (κ3) is 78.8. The molecule has 242 valence electrons. The lowest BCUT2D eigenvalue weighted by Crippen LogP contribution is -2.41. The number of rotatable bonds is 20. The molecule has 0 aromatic heterocycles. The largest absolute Gasteiger partial charge is 0.756 e. The van der Waals surface area contributed by atoms with E-state index in [1.807, 2.05) is 0 Å². The van der Waals surface area contributed by atoms with Gasteiger partial charge in [0.25, 0.3) is 7.82 Å². The maximum Gasteiger partial charge on any atom is 0.466 e. The van der Waals surface area contributed by atoms with Crippen LogP contribution >= 0.6 is 15.6 Å².